The summed E-state index contributed by atoms with van der Waals surface area (Å²) in [4.78, 5) is 13.2. The maximum absolute atomic E-state index is 13.1. The fraction of sp³-hybridized carbons (Fsp3) is 0.133. The summed E-state index contributed by atoms with van der Waals surface area (Å²) >= 11 is 4.68. The van der Waals surface area contributed by atoms with Crippen molar-refractivity contribution in [1.82, 2.24) is 0 Å². The van der Waals surface area contributed by atoms with Gasteiger partial charge in [0.1, 0.15) is 5.82 Å². The lowest BCUT2D eigenvalue weighted by Gasteiger charge is -2.06. The van der Waals surface area contributed by atoms with E-state index >= 15 is 0 Å². The van der Waals surface area contributed by atoms with Crippen LogP contribution in [0.1, 0.15) is 15.9 Å². The SMILES string of the molecule is CSc1ccccc1C(=O)Cc1ccc(F)c(Br)c1. The van der Waals surface area contributed by atoms with Gasteiger partial charge in [-0.15, -0.1) is 11.8 Å². The summed E-state index contributed by atoms with van der Waals surface area (Å²) in [6.07, 6.45) is 2.22. The zero-order valence-electron chi connectivity index (χ0n) is 10.3. The van der Waals surface area contributed by atoms with Gasteiger partial charge in [0.2, 0.25) is 0 Å². The topological polar surface area (TPSA) is 17.1 Å². The number of thioether (sulfide) groups is 1. The molecule has 2 aromatic carbocycles. The van der Waals surface area contributed by atoms with Crippen LogP contribution in [0.5, 0.6) is 0 Å². The van der Waals surface area contributed by atoms with Gasteiger partial charge in [-0.1, -0.05) is 24.3 Å². The lowest BCUT2D eigenvalue weighted by atomic mass is 10.0. The molecular weight excluding hydrogens is 327 g/mol. The van der Waals surface area contributed by atoms with E-state index in [0.717, 1.165) is 16.0 Å². The predicted octanol–water partition coefficient (Wildman–Crippen LogP) is 4.74. The fourth-order valence-electron chi connectivity index (χ4n) is 1.81. The Labute approximate surface area is 124 Å². The molecule has 2 rings (SSSR count). The Morgan fingerprint density at radius 2 is 2.00 bits per heavy atom. The molecular formula is C15H12BrFOS. The first kappa shape index (κ1) is 14.3. The molecule has 0 spiro atoms. The molecule has 0 aromatic heterocycles. The summed E-state index contributed by atoms with van der Waals surface area (Å²) in [5.41, 5.74) is 1.52. The van der Waals surface area contributed by atoms with E-state index in [0.29, 0.717) is 4.47 Å². The van der Waals surface area contributed by atoms with E-state index in [1.165, 1.54) is 6.07 Å². The minimum Gasteiger partial charge on any atom is -0.294 e. The lowest BCUT2D eigenvalue weighted by Crippen LogP contribution is -2.05. The molecule has 0 atom stereocenters. The molecule has 19 heavy (non-hydrogen) atoms. The van der Waals surface area contributed by atoms with Gasteiger partial charge >= 0.3 is 0 Å². The van der Waals surface area contributed by atoms with Crippen LogP contribution in [0.2, 0.25) is 0 Å². The quantitative estimate of drug-likeness (QED) is 0.591. The third-order valence-corrected chi connectivity index (χ3v) is 4.16. The number of carbonyl (C=O) groups is 1. The maximum atomic E-state index is 13.1. The van der Waals surface area contributed by atoms with Crippen LogP contribution >= 0.6 is 27.7 Å². The standard InChI is InChI=1S/C15H12BrFOS/c1-19-15-5-3-2-4-11(15)14(18)9-10-6-7-13(17)12(16)8-10/h2-8H,9H2,1H3. The second-order valence-corrected chi connectivity index (χ2v) is 5.75. The van der Waals surface area contributed by atoms with Crippen molar-refractivity contribution in [3.05, 3.63) is 63.9 Å². The first-order chi connectivity index (χ1) is 9.11. The van der Waals surface area contributed by atoms with E-state index in [-0.39, 0.29) is 18.0 Å². The first-order valence-corrected chi connectivity index (χ1v) is 7.73. The van der Waals surface area contributed by atoms with Gasteiger partial charge in [-0.3, -0.25) is 4.79 Å². The molecule has 0 aliphatic rings. The molecule has 0 heterocycles. The molecule has 0 radical (unpaired) electrons. The van der Waals surface area contributed by atoms with E-state index in [9.17, 15) is 9.18 Å². The number of hydrogen-bond acceptors (Lipinski definition) is 2. The zero-order chi connectivity index (χ0) is 13.8. The highest BCUT2D eigenvalue weighted by Crippen LogP contribution is 2.23. The van der Waals surface area contributed by atoms with Crippen LogP contribution in [0, 0.1) is 5.82 Å². The molecule has 98 valence electrons. The number of hydrogen-bond donors (Lipinski definition) is 0. The minimum absolute atomic E-state index is 0.0449. The Kier molecular flexibility index (Phi) is 4.77. The van der Waals surface area contributed by atoms with E-state index in [2.05, 4.69) is 15.9 Å². The first-order valence-electron chi connectivity index (χ1n) is 5.72. The second kappa shape index (κ2) is 6.35. The molecule has 0 bridgehead atoms. The van der Waals surface area contributed by atoms with Gasteiger partial charge in [-0.05, 0) is 45.9 Å². The third-order valence-electron chi connectivity index (χ3n) is 2.76. The fourth-order valence-corrected chi connectivity index (χ4v) is 2.85. The second-order valence-electron chi connectivity index (χ2n) is 4.05. The van der Waals surface area contributed by atoms with Gasteiger partial charge < -0.3 is 0 Å². The van der Waals surface area contributed by atoms with Gasteiger partial charge in [-0.2, -0.15) is 0 Å². The Balaban J connectivity index is 2.23. The molecule has 0 aliphatic carbocycles. The largest absolute Gasteiger partial charge is 0.294 e. The highest BCUT2D eigenvalue weighted by Gasteiger charge is 2.12. The lowest BCUT2D eigenvalue weighted by molar-refractivity contribution is 0.0990. The monoisotopic (exact) mass is 338 g/mol. The summed E-state index contributed by atoms with van der Waals surface area (Å²) in [7, 11) is 0. The Morgan fingerprint density at radius 3 is 2.68 bits per heavy atom. The maximum Gasteiger partial charge on any atom is 0.168 e. The van der Waals surface area contributed by atoms with Crippen molar-refractivity contribution in [2.45, 2.75) is 11.3 Å². The number of rotatable bonds is 4. The van der Waals surface area contributed by atoms with Crippen molar-refractivity contribution in [3.8, 4) is 0 Å². The molecule has 0 saturated carbocycles. The molecule has 0 saturated heterocycles. The van der Waals surface area contributed by atoms with Crippen molar-refractivity contribution >= 4 is 33.5 Å². The molecule has 4 heteroatoms. The molecule has 0 unspecified atom stereocenters. The minimum atomic E-state index is -0.319. The van der Waals surface area contributed by atoms with Crippen LogP contribution < -0.4 is 0 Å². The summed E-state index contributed by atoms with van der Waals surface area (Å²) in [5.74, 6) is -0.274. The number of benzene rings is 2. The van der Waals surface area contributed by atoms with Gasteiger partial charge in [0.15, 0.2) is 5.78 Å². The molecule has 1 nitrogen and oxygen atoms in total. The van der Waals surface area contributed by atoms with Crippen molar-refractivity contribution in [3.63, 3.8) is 0 Å². The van der Waals surface area contributed by atoms with Gasteiger partial charge in [0.25, 0.3) is 0 Å². The Bertz CT molecular complexity index is 613. The number of halogens is 2. The average Bonchev–Trinajstić information content (AvgIpc) is 2.43. The Morgan fingerprint density at radius 1 is 1.26 bits per heavy atom. The summed E-state index contributed by atoms with van der Waals surface area (Å²) in [6, 6.07) is 12.2. The third kappa shape index (κ3) is 3.45. The number of Topliss-reactive ketones (excluding diaryl/α,β-unsaturated/α-hetero) is 1. The molecule has 0 fully saturated rings. The van der Waals surface area contributed by atoms with E-state index in [1.807, 2.05) is 30.5 Å². The Hall–Kier alpha value is -1.13. The molecule has 0 aliphatic heterocycles. The summed E-state index contributed by atoms with van der Waals surface area (Å²) < 4.78 is 13.5. The molecule has 0 amide bonds. The van der Waals surface area contributed by atoms with E-state index in [1.54, 1.807) is 23.9 Å². The van der Waals surface area contributed by atoms with Crippen molar-refractivity contribution in [2.24, 2.45) is 0 Å². The zero-order valence-corrected chi connectivity index (χ0v) is 12.7. The number of carbonyl (C=O) groups excluding carboxylic acids is 1. The van der Waals surface area contributed by atoms with Crippen molar-refractivity contribution < 1.29 is 9.18 Å². The highest BCUT2D eigenvalue weighted by molar-refractivity contribution is 9.10. The van der Waals surface area contributed by atoms with Crippen LogP contribution in [-0.2, 0) is 6.42 Å². The predicted molar refractivity (Wildman–Crippen MR) is 80.4 cm³/mol. The van der Waals surface area contributed by atoms with Crippen LogP contribution in [0.4, 0.5) is 4.39 Å². The van der Waals surface area contributed by atoms with Crippen molar-refractivity contribution in [1.29, 1.82) is 0 Å². The van der Waals surface area contributed by atoms with Crippen LogP contribution in [-0.4, -0.2) is 12.0 Å². The average molecular weight is 339 g/mol. The van der Waals surface area contributed by atoms with Gasteiger partial charge in [-0.25, -0.2) is 4.39 Å². The summed E-state index contributed by atoms with van der Waals surface area (Å²) in [6.45, 7) is 0. The van der Waals surface area contributed by atoms with E-state index in [4.69, 9.17) is 0 Å². The highest BCUT2D eigenvalue weighted by atomic mass is 79.9. The van der Waals surface area contributed by atoms with Gasteiger partial charge in [0, 0.05) is 16.9 Å². The van der Waals surface area contributed by atoms with Crippen LogP contribution in [0.15, 0.2) is 51.8 Å². The van der Waals surface area contributed by atoms with Crippen LogP contribution in [0.25, 0.3) is 0 Å². The normalized spacial score (nSPS) is 10.5. The number of ketones is 1. The smallest absolute Gasteiger partial charge is 0.168 e. The van der Waals surface area contributed by atoms with Crippen molar-refractivity contribution in [2.75, 3.05) is 6.26 Å². The van der Waals surface area contributed by atoms with E-state index < -0.39 is 0 Å². The summed E-state index contributed by atoms with van der Waals surface area (Å²) in [5, 5.41) is 0. The molecule has 0 N–H and O–H groups in total. The van der Waals surface area contributed by atoms with Crippen LogP contribution in [0.3, 0.4) is 0 Å². The van der Waals surface area contributed by atoms with Gasteiger partial charge in [0.05, 0.1) is 4.47 Å². The molecule has 2 aromatic rings.